The average Bonchev–Trinajstić information content (AvgIpc) is 3.04. The molecule has 2 aliphatic rings. The van der Waals surface area contributed by atoms with Crippen molar-refractivity contribution in [1.29, 1.82) is 0 Å². The first-order valence-corrected chi connectivity index (χ1v) is 9.24. The molecule has 2 atom stereocenters. The largest absolute Gasteiger partial charge is 0.496 e. The number of hydrogen-bond acceptors (Lipinski definition) is 3. The predicted molar refractivity (Wildman–Crippen MR) is 96.7 cm³/mol. The Kier molecular flexibility index (Phi) is 4.20. The highest BCUT2D eigenvalue weighted by molar-refractivity contribution is 5.93. The fourth-order valence-corrected chi connectivity index (χ4v) is 4.60. The highest BCUT2D eigenvalue weighted by Gasteiger charge is 2.43. The zero-order chi connectivity index (χ0) is 17.4. The van der Waals surface area contributed by atoms with Gasteiger partial charge < -0.3 is 19.7 Å². The van der Waals surface area contributed by atoms with Crippen molar-refractivity contribution < 1.29 is 14.6 Å². The lowest BCUT2D eigenvalue weighted by atomic mass is 9.71. The number of rotatable bonds is 3. The lowest BCUT2D eigenvalue weighted by Crippen LogP contribution is -2.54. The Bertz CT molecular complexity index is 784. The van der Waals surface area contributed by atoms with Gasteiger partial charge in [0.05, 0.1) is 19.1 Å². The number of hydrogen-bond donors (Lipinski definition) is 2. The maximum absolute atomic E-state index is 12.9. The van der Waals surface area contributed by atoms with Crippen LogP contribution in [0.25, 0.3) is 10.9 Å². The molecule has 2 heterocycles. The maximum atomic E-state index is 12.9. The molecule has 1 amide bonds. The Morgan fingerprint density at radius 1 is 1.40 bits per heavy atom. The van der Waals surface area contributed by atoms with Crippen molar-refractivity contribution in [2.24, 2.45) is 5.92 Å². The van der Waals surface area contributed by atoms with E-state index >= 15 is 0 Å². The molecule has 1 aromatic carbocycles. The summed E-state index contributed by atoms with van der Waals surface area (Å²) in [6.45, 7) is 1.35. The van der Waals surface area contributed by atoms with Crippen LogP contribution in [0.3, 0.4) is 0 Å². The van der Waals surface area contributed by atoms with Gasteiger partial charge in [0.1, 0.15) is 5.75 Å². The summed E-state index contributed by atoms with van der Waals surface area (Å²) < 4.78 is 5.46. The first-order valence-electron chi connectivity index (χ1n) is 9.24. The van der Waals surface area contributed by atoms with Gasteiger partial charge in [-0.25, -0.2) is 0 Å². The lowest BCUT2D eigenvalue weighted by Gasteiger charge is -2.47. The van der Waals surface area contributed by atoms with Gasteiger partial charge in [0.15, 0.2) is 0 Å². The van der Waals surface area contributed by atoms with Crippen LogP contribution in [0.5, 0.6) is 5.75 Å². The number of methoxy groups -OCH3 is 1. The zero-order valence-corrected chi connectivity index (χ0v) is 14.8. The van der Waals surface area contributed by atoms with Gasteiger partial charge in [-0.3, -0.25) is 4.79 Å². The molecular weight excluding hydrogens is 316 g/mol. The third kappa shape index (κ3) is 2.91. The maximum Gasteiger partial charge on any atom is 0.227 e. The molecule has 0 radical (unpaired) electrons. The Balaban J connectivity index is 1.51. The Labute approximate surface area is 148 Å². The highest BCUT2D eigenvalue weighted by atomic mass is 16.5. The summed E-state index contributed by atoms with van der Waals surface area (Å²) in [5.74, 6) is 1.16. The molecule has 1 saturated heterocycles. The van der Waals surface area contributed by atoms with E-state index in [0.717, 1.165) is 47.9 Å². The molecule has 1 aliphatic carbocycles. The molecular formula is C20H26N2O3. The Morgan fingerprint density at radius 2 is 2.28 bits per heavy atom. The second-order valence-electron chi connectivity index (χ2n) is 7.51. The normalized spacial score (nSPS) is 26.5. The van der Waals surface area contributed by atoms with E-state index in [4.69, 9.17) is 4.74 Å². The summed E-state index contributed by atoms with van der Waals surface area (Å²) in [6.07, 6.45) is 7.17. The van der Waals surface area contributed by atoms with E-state index in [1.165, 1.54) is 0 Å². The Hall–Kier alpha value is -2.01. The van der Waals surface area contributed by atoms with Crippen molar-refractivity contribution in [3.63, 3.8) is 0 Å². The summed E-state index contributed by atoms with van der Waals surface area (Å²) in [6, 6.07) is 5.86. The number of carbonyl (C=O) groups is 1. The van der Waals surface area contributed by atoms with E-state index in [1.54, 1.807) is 7.11 Å². The number of benzene rings is 1. The minimum absolute atomic E-state index is 0.138. The molecule has 2 fully saturated rings. The number of fused-ring (bicyclic) bond motifs is 2. The second-order valence-corrected chi connectivity index (χ2v) is 7.51. The van der Waals surface area contributed by atoms with E-state index in [9.17, 15) is 9.90 Å². The molecule has 1 aliphatic heterocycles. The number of likely N-dealkylation sites (tertiary alicyclic amines) is 1. The molecule has 1 aromatic heterocycles. The summed E-state index contributed by atoms with van der Waals surface area (Å²) in [4.78, 5) is 18.1. The molecule has 0 bridgehead atoms. The molecule has 2 N–H and O–H groups in total. The van der Waals surface area contributed by atoms with E-state index in [0.29, 0.717) is 25.9 Å². The first kappa shape index (κ1) is 16.5. The number of carbonyl (C=O) groups excluding carboxylic acids is 1. The van der Waals surface area contributed by atoms with Crippen molar-refractivity contribution in [3.05, 3.63) is 30.0 Å². The third-order valence-corrected chi connectivity index (χ3v) is 6.09. The molecule has 2 aromatic rings. The quantitative estimate of drug-likeness (QED) is 0.901. The van der Waals surface area contributed by atoms with Crippen LogP contribution in [0.1, 0.15) is 37.7 Å². The number of amides is 1. The fraction of sp³-hybridized carbons (Fsp3) is 0.550. The summed E-state index contributed by atoms with van der Waals surface area (Å²) in [5, 5.41) is 11.8. The van der Waals surface area contributed by atoms with Crippen LogP contribution in [0.4, 0.5) is 0 Å². The lowest BCUT2D eigenvalue weighted by molar-refractivity contribution is -0.142. The molecule has 25 heavy (non-hydrogen) atoms. The number of piperidine rings is 1. The van der Waals surface area contributed by atoms with E-state index in [-0.39, 0.29) is 11.8 Å². The number of aromatic amines is 1. The zero-order valence-electron chi connectivity index (χ0n) is 14.8. The van der Waals surface area contributed by atoms with Gasteiger partial charge in [0, 0.05) is 36.1 Å². The second kappa shape index (κ2) is 6.37. The fourth-order valence-electron chi connectivity index (χ4n) is 4.60. The number of aromatic nitrogens is 1. The average molecular weight is 342 g/mol. The van der Waals surface area contributed by atoms with Gasteiger partial charge in [-0.1, -0.05) is 18.9 Å². The molecule has 5 nitrogen and oxygen atoms in total. The topological polar surface area (TPSA) is 65.6 Å². The van der Waals surface area contributed by atoms with Crippen LogP contribution in [0, 0.1) is 5.92 Å². The molecule has 4 rings (SSSR count). The monoisotopic (exact) mass is 342 g/mol. The van der Waals surface area contributed by atoms with Gasteiger partial charge in [0.25, 0.3) is 0 Å². The molecule has 2 unspecified atom stereocenters. The molecule has 5 heteroatoms. The summed E-state index contributed by atoms with van der Waals surface area (Å²) in [5.41, 5.74) is 1.42. The van der Waals surface area contributed by atoms with Crippen molar-refractivity contribution in [2.75, 3.05) is 20.2 Å². The van der Waals surface area contributed by atoms with Gasteiger partial charge >= 0.3 is 0 Å². The standard InChI is InChI=1S/C20H26N2O3/c1-25-17-7-4-6-16-19(17)14(12-21-16)11-18(23)22-10-9-20(24)8-3-2-5-15(20)13-22/h4,6-7,12,15,21,24H,2-3,5,8-11,13H2,1H3. The number of nitrogens with one attached hydrogen (secondary N) is 1. The predicted octanol–water partition coefficient (Wildman–Crippen LogP) is 2.87. The molecule has 134 valence electrons. The van der Waals surface area contributed by atoms with Crippen molar-refractivity contribution in [3.8, 4) is 5.75 Å². The minimum atomic E-state index is -0.543. The smallest absolute Gasteiger partial charge is 0.227 e. The van der Waals surface area contributed by atoms with Crippen molar-refractivity contribution in [2.45, 2.75) is 44.1 Å². The number of nitrogens with zero attached hydrogens (tertiary/aromatic N) is 1. The van der Waals surface area contributed by atoms with Crippen LogP contribution in [-0.4, -0.2) is 46.7 Å². The third-order valence-electron chi connectivity index (χ3n) is 6.09. The SMILES string of the molecule is COc1cccc2[nH]cc(CC(=O)N3CCC4(O)CCCCC4C3)c12. The molecule has 0 spiro atoms. The van der Waals surface area contributed by atoms with Crippen LogP contribution in [0.15, 0.2) is 24.4 Å². The van der Waals surface area contributed by atoms with E-state index in [1.807, 2.05) is 29.3 Å². The van der Waals surface area contributed by atoms with E-state index in [2.05, 4.69) is 4.98 Å². The van der Waals surface area contributed by atoms with Crippen LogP contribution in [0.2, 0.25) is 0 Å². The Morgan fingerprint density at radius 3 is 3.12 bits per heavy atom. The minimum Gasteiger partial charge on any atom is -0.496 e. The van der Waals surface area contributed by atoms with Crippen molar-refractivity contribution in [1.82, 2.24) is 9.88 Å². The van der Waals surface area contributed by atoms with Crippen LogP contribution in [-0.2, 0) is 11.2 Å². The van der Waals surface area contributed by atoms with Gasteiger partial charge in [-0.15, -0.1) is 0 Å². The number of ether oxygens (including phenoxy) is 1. The number of aliphatic hydroxyl groups is 1. The summed E-state index contributed by atoms with van der Waals surface area (Å²) in [7, 11) is 1.65. The van der Waals surface area contributed by atoms with Crippen LogP contribution < -0.4 is 4.74 Å². The first-order chi connectivity index (χ1) is 12.1. The number of H-pyrrole nitrogens is 1. The van der Waals surface area contributed by atoms with Gasteiger partial charge in [0.2, 0.25) is 5.91 Å². The van der Waals surface area contributed by atoms with E-state index < -0.39 is 5.60 Å². The van der Waals surface area contributed by atoms with Gasteiger partial charge in [-0.2, -0.15) is 0 Å². The van der Waals surface area contributed by atoms with Gasteiger partial charge in [-0.05, 0) is 37.0 Å². The molecule has 1 saturated carbocycles. The summed E-state index contributed by atoms with van der Waals surface area (Å²) >= 11 is 0. The van der Waals surface area contributed by atoms with Crippen molar-refractivity contribution >= 4 is 16.8 Å². The highest BCUT2D eigenvalue weighted by Crippen LogP contribution is 2.40. The van der Waals surface area contributed by atoms with Crippen LogP contribution >= 0.6 is 0 Å².